The first-order valence-corrected chi connectivity index (χ1v) is 4.87. The lowest BCUT2D eigenvalue weighted by Gasteiger charge is -2.05. The summed E-state index contributed by atoms with van der Waals surface area (Å²) in [7, 11) is 0. The lowest BCUT2D eigenvalue weighted by Crippen LogP contribution is -1.97. The summed E-state index contributed by atoms with van der Waals surface area (Å²) in [6.07, 6.45) is 3.10. The summed E-state index contributed by atoms with van der Waals surface area (Å²) >= 11 is 11.5. The van der Waals surface area contributed by atoms with Crippen molar-refractivity contribution < 1.29 is 0 Å². The molecule has 0 unspecified atom stereocenters. The van der Waals surface area contributed by atoms with E-state index in [-0.39, 0.29) is 5.28 Å². The van der Waals surface area contributed by atoms with Crippen LogP contribution in [-0.2, 0) is 0 Å². The molecule has 6 heteroatoms. The number of hydrogen-bond donors (Lipinski definition) is 1. The Morgan fingerprint density at radius 2 is 2.00 bits per heavy atom. The van der Waals surface area contributed by atoms with Crippen molar-refractivity contribution in [2.75, 3.05) is 5.32 Å². The highest BCUT2D eigenvalue weighted by molar-refractivity contribution is 6.33. The molecule has 0 spiro atoms. The van der Waals surface area contributed by atoms with Crippen molar-refractivity contribution in [3.63, 3.8) is 0 Å². The zero-order valence-electron chi connectivity index (χ0n) is 7.48. The Kier molecular flexibility index (Phi) is 2.99. The highest BCUT2D eigenvalue weighted by Gasteiger charge is 2.04. The molecule has 0 amide bonds. The first-order chi connectivity index (χ1) is 7.25. The fourth-order valence-electron chi connectivity index (χ4n) is 0.991. The fraction of sp³-hybridized carbons (Fsp3) is 0. The quantitative estimate of drug-likeness (QED) is 0.821. The van der Waals surface area contributed by atoms with Crippen molar-refractivity contribution in [2.45, 2.75) is 0 Å². The van der Waals surface area contributed by atoms with Gasteiger partial charge in [-0.05, 0) is 23.7 Å². The van der Waals surface area contributed by atoms with Crippen molar-refractivity contribution in [1.29, 1.82) is 0 Å². The van der Waals surface area contributed by atoms with Gasteiger partial charge in [-0.3, -0.25) is 0 Å². The molecule has 2 aromatic rings. The van der Waals surface area contributed by atoms with E-state index < -0.39 is 0 Å². The van der Waals surface area contributed by atoms with Crippen LogP contribution in [0.15, 0.2) is 30.6 Å². The maximum absolute atomic E-state index is 5.87. The number of pyridine rings is 1. The van der Waals surface area contributed by atoms with Gasteiger partial charge < -0.3 is 5.32 Å². The molecule has 2 heterocycles. The van der Waals surface area contributed by atoms with E-state index in [4.69, 9.17) is 23.2 Å². The third-order valence-corrected chi connectivity index (χ3v) is 2.08. The van der Waals surface area contributed by atoms with Crippen LogP contribution >= 0.6 is 23.2 Å². The molecule has 0 aromatic carbocycles. The maximum atomic E-state index is 5.87. The molecule has 0 fully saturated rings. The van der Waals surface area contributed by atoms with Crippen LogP contribution in [0.1, 0.15) is 0 Å². The van der Waals surface area contributed by atoms with Crippen molar-refractivity contribution in [2.24, 2.45) is 0 Å². The van der Waals surface area contributed by atoms with Crippen molar-refractivity contribution in [1.82, 2.24) is 15.0 Å². The minimum atomic E-state index is 0.137. The van der Waals surface area contributed by atoms with Gasteiger partial charge in [0, 0.05) is 6.20 Å². The average Bonchev–Trinajstić information content (AvgIpc) is 2.25. The summed E-state index contributed by atoms with van der Waals surface area (Å²) in [5, 5.41) is 3.46. The zero-order chi connectivity index (χ0) is 10.7. The molecule has 1 N–H and O–H groups in total. The molecule has 0 aliphatic carbocycles. The molecule has 0 radical (unpaired) electrons. The van der Waals surface area contributed by atoms with Gasteiger partial charge >= 0.3 is 0 Å². The SMILES string of the molecule is Clc1ncc(Cl)c(Nc2ccccn2)n1. The van der Waals surface area contributed by atoms with Gasteiger partial charge in [0.05, 0.1) is 6.20 Å². The number of halogens is 2. The van der Waals surface area contributed by atoms with E-state index in [1.807, 2.05) is 12.1 Å². The number of nitrogens with zero attached hydrogens (tertiary/aromatic N) is 3. The summed E-state index contributed by atoms with van der Waals surface area (Å²) in [6.45, 7) is 0. The summed E-state index contributed by atoms with van der Waals surface area (Å²) in [5.41, 5.74) is 0. The van der Waals surface area contributed by atoms with Gasteiger partial charge in [0.15, 0.2) is 5.82 Å². The Balaban J connectivity index is 2.28. The van der Waals surface area contributed by atoms with Gasteiger partial charge in [-0.25, -0.2) is 9.97 Å². The second-order valence-corrected chi connectivity index (χ2v) is 3.42. The minimum absolute atomic E-state index is 0.137. The Labute approximate surface area is 96.3 Å². The summed E-state index contributed by atoms with van der Waals surface area (Å²) in [4.78, 5) is 11.8. The predicted octanol–water partition coefficient (Wildman–Crippen LogP) is 2.92. The molecule has 15 heavy (non-hydrogen) atoms. The second-order valence-electron chi connectivity index (χ2n) is 2.68. The molecule has 0 aliphatic rings. The molecule has 0 aliphatic heterocycles. The highest BCUT2D eigenvalue weighted by atomic mass is 35.5. The predicted molar refractivity (Wildman–Crippen MR) is 59.6 cm³/mol. The monoisotopic (exact) mass is 240 g/mol. The third-order valence-electron chi connectivity index (χ3n) is 1.63. The van der Waals surface area contributed by atoms with Gasteiger partial charge in [0.2, 0.25) is 5.28 Å². The Hall–Kier alpha value is -1.39. The molecule has 2 rings (SSSR count). The van der Waals surface area contributed by atoms with Crippen LogP contribution in [-0.4, -0.2) is 15.0 Å². The van der Waals surface area contributed by atoms with Gasteiger partial charge in [0.25, 0.3) is 0 Å². The summed E-state index contributed by atoms with van der Waals surface area (Å²) < 4.78 is 0. The third kappa shape index (κ3) is 2.55. The fourth-order valence-corrected chi connectivity index (χ4v) is 1.26. The Bertz CT molecular complexity index is 461. The molecule has 0 bridgehead atoms. The first kappa shape index (κ1) is 10.1. The van der Waals surface area contributed by atoms with E-state index in [1.54, 1.807) is 12.3 Å². The lowest BCUT2D eigenvalue weighted by molar-refractivity contribution is 1.16. The van der Waals surface area contributed by atoms with Crippen LogP contribution in [0.4, 0.5) is 11.6 Å². The highest BCUT2D eigenvalue weighted by Crippen LogP contribution is 2.22. The van der Waals surface area contributed by atoms with Gasteiger partial charge in [-0.15, -0.1) is 0 Å². The van der Waals surface area contributed by atoms with E-state index in [1.165, 1.54) is 6.20 Å². The number of hydrogen-bond acceptors (Lipinski definition) is 4. The van der Waals surface area contributed by atoms with E-state index in [0.29, 0.717) is 16.7 Å². The minimum Gasteiger partial charge on any atom is -0.324 e. The largest absolute Gasteiger partial charge is 0.324 e. The van der Waals surface area contributed by atoms with Crippen molar-refractivity contribution in [3.05, 3.63) is 40.9 Å². The van der Waals surface area contributed by atoms with Gasteiger partial charge in [0.1, 0.15) is 10.8 Å². The zero-order valence-corrected chi connectivity index (χ0v) is 9.00. The molecule has 4 nitrogen and oxygen atoms in total. The molecular weight excluding hydrogens is 235 g/mol. The van der Waals surface area contributed by atoms with Gasteiger partial charge in [-0.1, -0.05) is 17.7 Å². The number of aromatic nitrogens is 3. The van der Waals surface area contributed by atoms with Gasteiger partial charge in [-0.2, -0.15) is 4.98 Å². The normalized spacial score (nSPS) is 10.0. The first-order valence-electron chi connectivity index (χ1n) is 4.12. The van der Waals surface area contributed by atoms with Crippen LogP contribution in [0, 0.1) is 0 Å². The number of nitrogens with one attached hydrogen (secondary N) is 1. The maximum Gasteiger partial charge on any atom is 0.224 e. The standard InChI is InChI=1S/C9H6Cl2N4/c10-6-5-13-9(11)15-8(6)14-7-3-1-2-4-12-7/h1-5H,(H,12,13,14,15). The van der Waals surface area contributed by atoms with Crippen molar-refractivity contribution >= 4 is 34.8 Å². The van der Waals surface area contributed by atoms with Crippen LogP contribution in [0.2, 0.25) is 10.3 Å². The van der Waals surface area contributed by atoms with Crippen molar-refractivity contribution in [3.8, 4) is 0 Å². The Morgan fingerprint density at radius 1 is 1.13 bits per heavy atom. The summed E-state index contributed by atoms with van der Waals surface area (Å²) in [5.74, 6) is 1.09. The lowest BCUT2D eigenvalue weighted by atomic mass is 10.4. The topological polar surface area (TPSA) is 50.7 Å². The van der Waals surface area contributed by atoms with Crippen LogP contribution in [0.3, 0.4) is 0 Å². The van der Waals surface area contributed by atoms with E-state index in [0.717, 1.165) is 0 Å². The van der Waals surface area contributed by atoms with E-state index in [2.05, 4.69) is 20.3 Å². The average molecular weight is 241 g/mol. The molecule has 76 valence electrons. The molecular formula is C9H6Cl2N4. The van der Waals surface area contributed by atoms with Crippen LogP contribution in [0.5, 0.6) is 0 Å². The molecule has 2 aromatic heterocycles. The Morgan fingerprint density at radius 3 is 2.73 bits per heavy atom. The molecule has 0 saturated carbocycles. The van der Waals surface area contributed by atoms with E-state index >= 15 is 0 Å². The molecule has 0 saturated heterocycles. The number of rotatable bonds is 2. The number of anilines is 2. The van der Waals surface area contributed by atoms with E-state index in [9.17, 15) is 0 Å². The smallest absolute Gasteiger partial charge is 0.224 e. The van der Waals surface area contributed by atoms with Crippen LogP contribution in [0.25, 0.3) is 0 Å². The molecule has 0 atom stereocenters. The second kappa shape index (κ2) is 4.42. The van der Waals surface area contributed by atoms with Crippen LogP contribution < -0.4 is 5.32 Å². The summed E-state index contributed by atoms with van der Waals surface area (Å²) in [6, 6.07) is 5.47.